The molecule has 0 unspecified atom stereocenters. The first-order chi connectivity index (χ1) is 11.0. The molecule has 4 nitrogen and oxygen atoms in total. The number of hydrogen-bond donors (Lipinski definition) is 0. The molecule has 1 aliphatic rings. The highest BCUT2D eigenvalue weighted by molar-refractivity contribution is 7.99. The van der Waals surface area contributed by atoms with Gasteiger partial charge in [-0.3, -0.25) is 9.59 Å². The van der Waals surface area contributed by atoms with Crippen molar-refractivity contribution < 1.29 is 14.3 Å². The molecule has 1 aromatic rings. The summed E-state index contributed by atoms with van der Waals surface area (Å²) in [5, 5.41) is 0. The number of piperidine rings is 1. The van der Waals surface area contributed by atoms with Gasteiger partial charge in [0, 0.05) is 18.8 Å². The van der Waals surface area contributed by atoms with Crippen molar-refractivity contribution in [3.05, 3.63) is 34.9 Å². The normalized spacial score (nSPS) is 15.5. The molecule has 126 valence electrons. The fourth-order valence-electron chi connectivity index (χ4n) is 2.83. The lowest BCUT2D eigenvalue weighted by atomic mass is 9.97. The lowest BCUT2D eigenvalue weighted by Crippen LogP contribution is -2.41. The monoisotopic (exact) mass is 335 g/mol. The van der Waals surface area contributed by atoms with Crippen LogP contribution in [-0.2, 0) is 20.1 Å². The maximum absolute atomic E-state index is 12.3. The fraction of sp³-hybridized carbons (Fsp3) is 0.556. The standard InChI is InChI=1S/C18H25NO3S/c1-13-4-5-14(2)16(10-13)11-23-12-17(20)19-8-6-15(7-9-19)18(21)22-3/h4-5,10,15H,6-9,11-12H2,1-3H3. The first-order valence-electron chi connectivity index (χ1n) is 8.00. The Balaban J connectivity index is 1.75. The van der Waals surface area contributed by atoms with Gasteiger partial charge < -0.3 is 9.64 Å². The number of amides is 1. The Hall–Kier alpha value is -1.49. The van der Waals surface area contributed by atoms with Gasteiger partial charge in [0.1, 0.15) is 0 Å². The zero-order valence-corrected chi connectivity index (χ0v) is 14.9. The zero-order chi connectivity index (χ0) is 16.8. The highest BCUT2D eigenvalue weighted by Gasteiger charge is 2.27. The van der Waals surface area contributed by atoms with Crippen molar-refractivity contribution in [1.29, 1.82) is 0 Å². The third-order valence-corrected chi connectivity index (χ3v) is 5.34. The van der Waals surface area contributed by atoms with E-state index in [1.165, 1.54) is 23.8 Å². The molecule has 1 saturated heterocycles. The smallest absolute Gasteiger partial charge is 0.308 e. The molecule has 0 saturated carbocycles. The third-order valence-electron chi connectivity index (χ3n) is 4.37. The van der Waals surface area contributed by atoms with Gasteiger partial charge in [-0.05, 0) is 37.8 Å². The van der Waals surface area contributed by atoms with Crippen LogP contribution >= 0.6 is 11.8 Å². The van der Waals surface area contributed by atoms with Crippen molar-refractivity contribution >= 4 is 23.6 Å². The quantitative estimate of drug-likeness (QED) is 0.776. The minimum absolute atomic E-state index is 0.0494. The number of benzene rings is 1. The van der Waals surface area contributed by atoms with E-state index in [2.05, 4.69) is 32.0 Å². The van der Waals surface area contributed by atoms with Gasteiger partial charge in [0.15, 0.2) is 0 Å². The number of ether oxygens (including phenoxy) is 1. The summed E-state index contributed by atoms with van der Waals surface area (Å²) < 4.78 is 4.77. The van der Waals surface area contributed by atoms with Crippen LogP contribution in [0.2, 0.25) is 0 Å². The van der Waals surface area contributed by atoms with E-state index < -0.39 is 0 Å². The van der Waals surface area contributed by atoms with Gasteiger partial charge >= 0.3 is 5.97 Å². The van der Waals surface area contributed by atoms with E-state index in [9.17, 15) is 9.59 Å². The summed E-state index contributed by atoms with van der Waals surface area (Å²) >= 11 is 1.66. The number of carbonyl (C=O) groups is 2. The second-order valence-electron chi connectivity index (χ2n) is 6.10. The van der Waals surface area contributed by atoms with Crippen LogP contribution in [-0.4, -0.2) is 42.7 Å². The average molecular weight is 335 g/mol. The lowest BCUT2D eigenvalue weighted by Gasteiger charge is -2.30. The molecule has 2 rings (SSSR count). The van der Waals surface area contributed by atoms with Crippen molar-refractivity contribution in [2.45, 2.75) is 32.4 Å². The maximum Gasteiger partial charge on any atom is 0.308 e. The van der Waals surface area contributed by atoms with Crippen LogP contribution in [0.3, 0.4) is 0 Å². The molecule has 0 spiro atoms. The Morgan fingerprint density at radius 3 is 2.61 bits per heavy atom. The predicted molar refractivity (Wildman–Crippen MR) is 93.4 cm³/mol. The van der Waals surface area contributed by atoms with E-state index in [1.807, 2.05) is 4.90 Å². The third kappa shape index (κ3) is 4.99. The number of carbonyl (C=O) groups excluding carboxylic acids is 2. The first kappa shape index (κ1) is 17.9. The second-order valence-corrected chi connectivity index (χ2v) is 7.09. The predicted octanol–water partition coefficient (Wildman–Crippen LogP) is 2.95. The van der Waals surface area contributed by atoms with E-state index in [-0.39, 0.29) is 17.8 Å². The van der Waals surface area contributed by atoms with Gasteiger partial charge in [0.05, 0.1) is 18.8 Å². The number of esters is 1. The van der Waals surface area contributed by atoms with Crippen molar-refractivity contribution in [2.75, 3.05) is 26.0 Å². The number of methoxy groups -OCH3 is 1. The molecule has 0 aliphatic carbocycles. The second kappa shape index (κ2) is 8.39. The molecule has 1 aliphatic heterocycles. The summed E-state index contributed by atoms with van der Waals surface area (Å²) in [6.45, 7) is 5.50. The zero-order valence-electron chi connectivity index (χ0n) is 14.1. The maximum atomic E-state index is 12.3. The average Bonchev–Trinajstić information content (AvgIpc) is 2.57. The number of rotatable bonds is 5. The number of aryl methyl sites for hydroxylation is 2. The SMILES string of the molecule is COC(=O)C1CCN(C(=O)CSCc2cc(C)ccc2C)CC1. The molecule has 1 aromatic carbocycles. The molecule has 1 fully saturated rings. The van der Waals surface area contributed by atoms with Crippen LogP contribution in [0.4, 0.5) is 0 Å². The lowest BCUT2D eigenvalue weighted by molar-refractivity contribution is -0.148. The summed E-state index contributed by atoms with van der Waals surface area (Å²) in [6.07, 6.45) is 1.42. The number of likely N-dealkylation sites (tertiary alicyclic amines) is 1. The van der Waals surface area contributed by atoms with Gasteiger partial charge in [-0.1, -0.05) is 23.8 Å². The minimum atomic E-state index is -0.151. The fourth-order valence-corrected chi connectivity index (χ4v) is 3.82. The van der Waals surface area contributed by atoms with Crippen LogP contribution in [0.1, 0.15) is 29.5 Å². The molecular weight excluding hydrogens is 310 g/mol. The first-order valence-corrected chi connectivity index (χ1v) is 9.16. The van der Waals surface area contributed by atoms with Crippen LogP contribution in [0.15, 0.2) is 18.2 Å². The number of thioether (sulfide) groups is 1. The minimum Gasteiger partial charge on any atom is -0.469 e. The molecule has 1 amide bonds. The van der Waals surface area contributed by atoms with Gasteiger partial charge in [0.25, 0.3) is 0 Å². The Bertz CT molecular complexity index is 565. The van der Waals surface area contributed by atoms with Crippen LogP contribution in [0.25, 0.3) is 0 Å². The molecule has 0 radical (unpaired) electrons. The molecule has 0 atom stereocenters. The molecular formula is C18H25NO3S. The number of nitrogens with zero attached hydrogens (tertiary/aromatic N) is 1. The van der Waals surface area contributed by atoms with Crippen LogP contribution < -0.4 is 0 Å². The highest BCUT2D eigenvalue weighted by atomic mass is 32.2. The Morgan fingerprint density at radius 2 is 1.96 bits per heavy atom. The van der Waals surface area contributed by atoms with Gasteiger partial charge in [-0.2, -0.15) is 0 Å². The van der Waals surface area contributed by atoms with E-state index in [1.54, 1.807) is 11.8 Å². The molecule has 5 heteroatoms. The summed E-state index contributed by atoms with van der Waals surface area (Å²) in [5.41, 5.74) is 3.82. The molecule has 23 heavy (non-hydrogen) atoms. The van der Waals surface area contributed by atoms with Crippen LogP contribution in [0.5, 0.6) is 0 Å². The van der Waals surface area contributed by atoms with Gasteiger partial charge in [-0.25, -0.2) is 0 Å². The van der Waals surface area contributed by atoms with Gasteiger partial charge in [0.2, 0.25) is 5.91 Å². The molecule has 0 N–H and O–H groups in total. The summed E-state index contributed by atoms with van der Waals surface area (Å²) in [7, 11) is 1.42. The topological polar surface area (TPSA) is 46.6 Å². The molecule has 0 aromatic heterocycles. The molecule has 1 heterocycles. The van der Waals surface area contributed by atoms with Crippen molar-refractivity contribution in [1.82, 2.24) is 4.90 Å². The van der Waals surface area contributed by atoms with Crippen molar-refractivity contribution in [3.8, 4) is 0 Å². The highest BCUT2D eigenvalue weighted by Crippen LogP contribution is 2.21. The van der Waals surface area contributed by atoms with Crippen molar-refractivity contribution in [3.63, 3.8) is 0 Å². The summed E-state index contributed by atoms with van der Waals surface area (Å²) in [5.74, 6) is 1.32. The summed E-state index contributed by atoms with van der Waals surface area (Å²) in [6, 6.07) is 6.43. The van der Waals surface area contributed by atoms with E-state index in [4.69, 9.17) is 4.74 Å². The van der Waals surface area contributed by atoms with E-state index >= 15 is 0 Å². The molecule has 0 bridgehead atoms. The van der Waals surface area contributed by atoms with Gasteiger partial charge in [-0.15, -0.1) is 11.8 Å². The largest absolute Gasteiger partial charge is 0.469 e. The summed E-state index contributed by atoms with van der Waals surface area (Å²) in [4.78, 5) is 25.6. The Labute approximate surface area is 142 Å². The Kier molecular flexibility index (Phi) is 6.51. The number of hydrogen-bond acceptors (Lipinski definition) is 4. The van der Waals surface area contributed by atoms with Crippen molar-refractivity contribution in [2.24, 2.45) is 5.92 Å². The Morgan fingerprint density at radius 1 is 1.26 bits per heavy atom. The van der Waals surface area contributed by atoms with E-state index in [0.29, 0.717) is 31.7 Å². The van der Waals surface area contributed by atoms with E-state index in [0.717, 1.165) is 5.75 Å². The van der Waals surface area contributed by atoms with Crippen LogP contribution in [0, 0.1) is 19.8 Å².